The minimum Gasteiger partial charge on any atom is -0.464 e. The number of rotatable bonds is 5. The third-order valence-electron chi connectivity index (χ3n) is 3.31. The molecule has 0 aliphatic rings. The van der Waals surface area contributed by atoms with Crippen LogP contribution < -0.4 is 11.1 Å². The Labute approximate surface area is 108 Å². The van der Waals surface area contributed by atoms with Crippen LogP contribution in [0.15, 0.2) is 34.9 Å². The van der Waals surface area contributed by atoms with Crippen molar-refractivity contribution in [3.05, 3.63) is 36.1 Å². The van der Waals surface area contributed by atoms with Crippen molar-refractivity contribution in [2.24, 2.45) is 5.73 Å². The second-order valence-electron chi connectivity index (χ2n) is 5.56. The van der Waals surface area contributed by atoms with Gasteiger partial charge < -0.3 is 15.5 Å². The van der Waals surface area contributed by atoms with Crippen LogP contribution in [0.2, 0.25) is 0 Å². The predicted molar refractivity (Wildman–Crippen MR) is 75.5 cm³/mol. The first-order chi connectivity index (χ1) is 8.51. The fourth-order valence-corrected chi connectivity index (χ4v) is 2.24. The molecule has 0 saturated heterocycles. The lowest BCUT2D eigenvalue weighted by atomic mass is 9.93. The molecule has 1 aromatic heterocycles. The van der Waals surface area contributed by atoms with Crippen LogP contribution in [0.5, 0.6) is 0 Å². The summed E-state index contributed by atoms with van der Waals surface area (Å²) in [5.74, 6) is 0. The van der Waals surface area contributed by atoms with Crippen molar-refractivity contribution in [1.82, 2.24) is 5.32 Å². The van der Waals surface area contributed by atoms with E-state index in [4.69, 9.17) is 10.2 Å². The fourth-order valence-electron chi connectivity index (χ4n) is 2.24. The maximum absolute atomic E-state index is 6.05. The molecule has 3 N–H and O–H groups in total. The summed E-state index contributed by atoms with van der Waals surface area (Å²) >= 11 is 0. The molecule has 2 rings (SSSR count). The lowest BCUT2D eigenvalue weighted by Crippen LogP contribution is -2.33. The molecular weight excluding hydrogens is 224 g/mol. The van der Waals surface area contributed by atoms with Crippen molar-refractivity contribution >= 4 is 11.0 Å². The van der Waals surface area contributed by atoms with E-state index in [1.54, 1.807) is 0 Å². The Hall–Kier alpha value is -1.32. The molecule has 0 fully saturated rings. The quantitative estimate of drug-likeness (QED) is 0.851. The molecule has 3 heteroatoms. The molecule has 2 aromatic rings. The van der Waals surface area contributed by atoms with E-state index in [2.05, 4.69) is 25.2 Å². The average Bonchev–Trinajstić information content (AvgIpc) is 2.73. The van der Waals surface area contributed by atoms with Gasteiger partial charge in [-0.2, -0.15) is 0 Å². The predicted octanol–water partition coefficient (Wildman–Crippen LogP) is 3.21. The topological polar surface area (TPSA) is 51.2 Å². The summed E-state index contributed by atoms with van der Waals surface area (Å²) in [5, 5.41) is 4.54. The average molecular weight is 246 g/mol. The van der Waals surface area contributed by atoms with E-state index in [0.29, 0.717) is 0 Å². The summed E-state index contributed by atoms with van der Waals surface area (Å²) in [5.41, 5.74) is 8.09. The zero-order valence-electron chi connectivity index (χ0n) is 11.4. The number of benzene rings is 1. The summed E-state index contributed by atoms with van der Waals surface area (Å²) in [6.45, 7) is 4.13. The fraction of sp³-hybridized carbons (Fsp3) is 0.467. The Balaban J connectivity index is 2.22. The van der Waals surface area contributed by atoms with E-state index in [0.717, 1.165) is 18.4 Å². The summed E-state index contributed by atoms with van der Waals surface area (Å²) in [6.07, 6.45) is 3.83. The van der Waals surface area contributed by atoms with Crippen LogP contribution in [-0.4, -0.2) is 12.6 Å². The molecule has 1 atom stereocenters. The first-order valence-electron chi connectivity index (χ1n) is 6.43. The highest BCUT2D eigenvalue weighted by Gasteiger charge is 2.19. The molecule has 1 heterocycles. The van der Waals surface area contributed by atoms with Gasteiger partial charge in [0.2, 0.25) is 0 Å². The molecule has 1 unspecified atom stereocenters. The first-order valence-corrected chi connectivity index (χ1v) is 6.43. The van der Waals surface area contributed by atoms with Crippen molar-refractivity contribution in [1.29, 1.82) is 0 Å². The van der Waals surface area contributed by atoms with Crippen LogP contribution in [0.25, 0.3) is 11.0 Å². The van der Waals surface area contributed by atoms with Gasteiger partial charge in [0.1, 0.15) is 5.58 Å². The molecule has 0 amide bonds. The molecular formula is C15H22N2O. The molecule has 18 heavy (non-hydrogen) atoms. The highest BCUT2D eigenvalue weighted by Crippen LogP contribution is 2.29. The Morgan fingerprint density at radius 2 is 2.06 bits per heavy atom. The Morgan fingerprint density at radius 3 is 2.72 bits per heavy atom. The zero-order valence-corrected chi connectivity index (χ0v) is 11.4. The van der Waals surface area contributed by atoms with Crippen LogP contribution in [0.4, 0.5) is 0 Å². The Bertz CT molecular complexity index is 510. The highest BCUT2D eigenvalue weighted by atomic mass is 16.3. The lowest BCUT2D eigenvalue weighted by Gasteiger charge is -2.22. The van der Waals surface area contributed by atoms with E-state index < -0.39 is 0 Å². The van der Waals surface area contributed by atoms with Gasteiger partial charge in [-0.05, 0) is 39.8 Å². The van der Waals surface area contributed by atoms with Gasteiger partial charge in [-0.15, -0.1) is 0 Å². The van der Waals surface area contributed by atoms with Crippen molar-refractivity contribution in [3.8, 4) is 0 Å². The smallest absolute Gasteiger partial charge is 0.134 e. The maximum Gasteiger partial charge on any atom is 0.134 e. The van der Waals surface area contributed by atoms with Gasteiger partial charge in [0.15, 0.2) is 0 Å². The second-order valence-corrected chi connectivity index (χ2v) is 5.56. The second kappa shape index (κ2) is 5.12. The van der Waals surface area contributed by atoms with Gasteiger partial charge in [0, 0.05) is 22.5 Å². The van der Waals surface area contributed by atoms with Crippen molar-refractivity contribution < 1.29 is 4.42 Å². The molecule has 1 aromatic carbocycles. The van der Waals surface area contributed by atoms with E-state index in [-0.39, 0.29) is 11.6 Å². The Kier molecular flexibility index (Phi) is 3.73. The van der Waals surface area contributed by atoms with Gasteiger partial charge in [-0.25, -0.2) is 0 Å². The molecule has 0 spiro atoms. The lowest BCUT2D eigenvalue weighted by molar-refractivity contribution is 0.410. The summed E-state index contributed by atoms with van der Waals surface area (Å²) in [6, 6.07) is 8.43. The molecule has 0 aliphatic heterocycles. The number of furan rings is 1. The van der Waals surface area contributed by atoms with Crippen LogP contribution in [0.3, 0.4) is 0 Å². The molecule has 0 saturated carbocycles. The van der Waals surface area contributed by atoms with Crippen molar-refractivity contribution in [3.63, 3.8) is 0 Å². The number of nitrogens with one attached hydrogen (secondary N) is 1. The summed E-state index contributed by atoms with van der Waals surface area (Å²) in [4.78, 5) is 0. The van der Waals surface area contributed by atoms with E-state index in [9.17, 15) is 0 Å². The molecule has 0 radical (unpaired) electrons. The van der Waals surface area contributed by atoms with Crippen LogP contribution in [0, 0.1) is 0 Å². The maximum atomic E-state index is 6.05. The molecule has 98 valence electrons. The van der Waals surface area contributed by atoms with Crippen LogP contribution in [-0.2, 0) is 0 Å². The van der Waals surface area contributed by atoms with Gasteiger partial charge in [-0.3, -0.25) is 0 Å². The van der Waals surface area contributed by atoms with Crippen LogP contribution >= 0.6 is 0 Å². The summed E-state index contributed by atoms with van der Waals surface area (Å²) in [7, 11) is 1.98. The highest BCUT2D eigenvalue weighted by molar-refractivity contribution is 5.81. The van der Waals surface area contributed by atoms with Gasteiger partial charge in [-0.1, -0.05) is 18.2 Å². The number of fused-ring (bicyclic) bond motifs is 1. The third kappa shape index (κ3) is 2.92. The van der Waals surface area contributed by atoms with Crippen molar-refractivity contribution in [2.45, 2.75) is 38.3 Å². The van der Waals surface area contributed by atoms with Crippen LogP contribution in [0.1, 0.15) is 38.3 Å². The third-order valence-corrected chi connectivity index (χ3v) is 3.31. The first kappa shape index (κ1) is 13.1. The van der Waals surface area contributed by atoms with E-state index in [1.165, 1.54) is 10.9 Å². The van der Waals surface area contributed by atoms with E-state index >= 15 is 0 Å². The number of hydrogen-bond donors (Lipinski definition) is 2. The summed E-state index contributed by atoms with van der Waals surface area (Å²) < 4.78 is 5.59. The van der Waals surface area contributed by atoms with Gasteiger partial charge in [0.25, 0.3) is 0 Å². The monoisotopic (exact) mass is 246 g/mol. The molecule has 0 aliphatic carbocycles. The molecule has 0 bridgehead atoms. The van der Waals surface area contributed by atoms with Gasteiger partial charge in [0.05, 0.1) is 6.26 Å². The normalized spacial score (nSPS) is 14.0. The largest absolute Gasteiger partial charge is 0.464 e. The number of hydrogen-bond acceptors (Lipinski definition) is 3. The number of nitrogens with two attached hydrogens (primary N) is 1. The van der Waals surface area contributed by atoms with E-state index in [1.807, 2.05) is 31.5 Å². The van der Waals surface area contributed by atoms with Gasteiger partial charge >= 0.3 is 0 Å². The standard InChI is InChI=1S/C15H22N2O/c1-15(2,16)9-8-13(17-3)12-10-18-14-7-5-4-6-11(12)14/h4-7,10,13,17H,8-9,16H2,1-3H3. The SMILES string of the molecule is CNC(CCC(C)(C)N)c1coc2ccccc12. The minimum atomic E-state index is -0.130. The number of para-hydroxylation sites is 1. The minimum absolute atomic E-state index is 0.130. The Morgan fingerprint density at radius 1 is 1.33 bits per heavy atom. The zero-order chi connectivity index (χ0) is 13.2. The molecule has 3 nitrogen and oxygen atoms in total. The van der Waals surface area contributed by atoms with Crippen molar-refractivity contribution in [2.75, 3.05) is 7.05 Å².